The van der Waals surface area contributed by atoms with Crippen molar-refractivity contribution < 1.29 is 24.0 Å². The number of nitrogens with zero attached hydrogens (tertiary/aromatic N) is 2. The monoisotopic (exact) mass is 463 g/mol. The van der Waals surface area contributed by atoms with E-state index in [0.29, 0.717) is 32.8 Å². The first-order chi connectivity index (χ1) is 15.7. The van der Waals surface area contributed by atoms with Gasteiger partial charge in [-0.1, -0.05) is 12.1 Å². The number of carbonyl (C=O) groups excluding carboxylic acids is 1. The molecule has 3 aromatic rings. The van der Waals surface area contributed by atoms with Gasteiger partial charge in [0.2, 0.25) is 0 Å². The SMILES string of the molecule is Cc1ccc(-c2ccc(/C=C3/SC(=Nc4cc(C(=O)O)ccc4C)NC3=O)o2)c([N+](=O)[O-])c1. The molecule has 1 amide bonds. The summed E-state index contributed by atoms with van der Waals surface area (Å²) in [5.41, 5.74) is 2.33. The highest BCUT2D eigenvalue weighted by Gasteiger charge is 2.25. The van der Waals surface area contributed by atoms with Gasteiger partial charge in [-0.3, -0.25) is 14.9 Å². The van der Waals surface area contributed by atoms with Crippen LogP contribution in [0.25, 0.3) is 17.4 Å². The minimum atomic E-state index is -1.07. The number of hydrogen-bond donors (Lipinski definition) is 2. The lowest BCUT2D eigenvalue weighted by atomic mass is 10.1. The van der Waals surface area contributed by atoms with E-state index in [2.05, 4.69) is 10.3 Å². The number of aromatic carboxylic acids is 1. The van der Waals surface area contributed by atoms with E-state index in [9.17, 15) is 24.8 Å². The van der Waals surface area contributed by atoms with Crippen LogP contribution >= 0.6 is 11.8 Å². The van der Waals surface area contributed by atoms with Gasteiger partial charge in [0.15, 0.2) is 5.17 Å². The topological polar surface area (TPSA) is 135 Å². The normalized spacial score (nSPS) is 15.8. The Labute approximate surface area is 192 Å². The quantitative estimate of drug-likeness (QED) is 0.307. The molecule has 0 radical (unpaired) electrons. The highest BCUT2D eigenvalue weighted by Crippen LogP contribution is 2.34. The number of hydrogen-bond acceptors (Lipinski definition) is 7. The molecule has 1 aliphatic rings. The lowest BCUT2D eigenvalue weighted by molar-refractivity contribution is -0.384. The molecule has 1 aromatic heterocycles. The van der Waals surface area contributed by atoms with Gasteiger partial charge in [0, 0.05) is 12.1 Å². The van der Waals surface area contributed by atoms with Crippen LogP contribution in [0.15, 0.2) is 62.8 Å². The molecule has 4 rings (SSSR count). The van der Waals surface area contributed by atoms with E-state index in [0.717, 1.165) is 22.9 Å². The molecule has 0 bridgehead atoms. The van der Waals surface area contributed by atoms with Crippen molar-refractivity contribution >= 4 is 46.3 Å². The van der Waals surface area contributed by atoms with Crippen molar-refractivity contribution in [1.82, 2.24) is 5.32 Å². The third-order valence-corrected chi connectivity index (χ3v) is 5.75. The van der Waals surface area contributed by atoms with Crippen LogP contribution in [0.5, 0.6) is 0 Å². The molecule has 10 heteroatoms. The zero-order valence-corrected chi connectivity index (χ0v) is 18.3. The van der Waals surface area contributed by atoms with Gasteiger partial charge >= 0.3 is 5.97 Å². The number of benzene rings is 2. The minimum absolute atomic E-state index is 0.0649. The van der Waals surface area contributed by atoms with Crippen molar-refractivity contribution in [1.29, 1.82) is 0 Å². The van der Waals surface area contributed by atoms with E-state index in [-0.39, 0.29) is 17.2 Å². The molecular weight excluding hydrogens is 446 g/mol. The van der Waals surface area contributed by atoms with Gasteiger partial charge in [0.25, 0.3) is 11.6 Å². The van der Waals surface area contributed by atoms with Crippen molar-refractivity contribution in [3.8, 4) is 11.3 Å². The van der Waals surface area contributed by atoms with Crippen molar-refractivity contribution in [3.05, 3.63) is 86.0 Å². The standard InChI is InChI=1S/C23H17N3O6S/c1-12-3-7-16(18(9-12)26(30)31)19-8-6-15(32-19)11-20-21(27)25-23(33-20)24-17-10-14(22(28)29)5-4-13(17)2/h3-11H,1-2H3,(H,28,29)(H,24,25,27)/b20-11+. The summed E-state index contributed by atoms with van der Waals surface area (Å²) in [6.45, 7) is 3.56. The summed E-state index contributed by atoms with van der Waals surface area (Å²) in [5.74, 6) is -0.789. The Morgan fingerprint density at radius 2 is 1.97 bits per heavy atom. The molecular formula is C23H17N3O6S. The number of carboxylic acid groups (broad SMARTS) is 1. The fraction of sp³-hybridized carbons (Fsp3) is 0.0870. The van der Waals surface area contributed by atoms with Gasteiger partial charge in [-0.2, -0.15) is 0 Å². The fourth-order valence-electron chi connectivity index (χ4n) is 3.16. The van der Waals surface area contributed by atoms with Gasteiger partial charge in [-0.15, -0.1) is 0 Å². The number of nitro benzene ring substituents is 1. The summed E-state index contributed by atoms with van der Waals surface area (Å²) in [7, 11) is 0. The molecule has 0 saturated carbocycles. The molecule has 9 nitrogen and oxygen atoms in total. The van der Waals surface area contributed by atoms with Crippen LogP contribution in [0.1, 0.15) is 27.2 Å². The molecule has 1 saturated heterocycles. The minimum Gasteiger partial charge on any atom is -0.478 e. The van der Waals surface area contributed by atoms with Gasteiger partial charge < -0.3 is 14.8 Å². The summed E-state index contributed by atoms with van der Waals surface area (Å²) < 4.78 is 5.75. The smallest absolute Gasteiger partial charge is 0.335 e. The zero-order chi connectivity index (χ0) is 23.7. The number of nitro groups is 1. The Morgan fingerprint density at radius 3 is 2.70 bits per heavy atom. The summed E-state index contributed by atoms with van der Waals surface area (Å²) in [4.78, 5) is 39.2. The number of amidine groups is 1. The molecule has 2 N–H and O–H groups in total. The number of carboxylic acids is 1. The Balaban J connectivity index is 1.60. The van der Waals surface area contributed by atoms with Gasteiger partial charge in [-0.25, -0.2) is 9.79 Å². The Kier molecular flexibility index (Phi) is 5.84. The number of aryl methyl sites for hydroxylation is 2. The number of aliphatic imine (C=N–C) groups is 1. The van der Waals surface area contributed by atoms with E-state index < -0.39 is 10.9 Å². The second-order valence-electron chi connectivity index (χ2n) is 7.27. The van der Waals surface area contributed by atoms with E-state index in [4.69, 9.17) is 4.42 Å². The van der Waals surface area contributed by atoms with Crippen molar-refractivity contribution in [3.63, 3.8) is 0 Å². The lowest BCUT2D eigenvalue weighted by Gasteiger charge is -2.03. The third-order valence-electron chi connectivity index (χ3n) is 4.84. The van der Waals surface area contributed by atoms with E-state index in [1.807, 2.05) is 0 Å². The summed E-state index contributed by atoms with van der Waals surface area (Å²) >= 11 is 1.08. The molecule has 1 fully saturated rings. The molecule has 166 valence electrons. The zero-order valence-electron chi connectivity index (χ0n) is 17.5. The molecule has 0 unspecified atom stereocenters. The number of furan rings is 1. The van der Waals surface area contributed by atoms with E-state index in [1.54, 1.807) is 44.2 Å². The van der Waals surface area contributed by atoms with Crippen molar-refractivity contribution in [2.24, 2.45) is 4.99 Å². The molecule has 0 aliphatic carbocycles. The maximum absolute atomic E-state index is 12.4. The van der Waals surface area contributed by atoms with Crippen LogP contribution in [0.2, 0.25) is 0 Å². The molecule has 0 spiro atoms. The lowest BCUT2D eigenvalue weighted by Crippen LogP contribution is -2.19. The van der Waals surface area contributed by atoms with Gasteiger partial charge in [-0.05, 0) is 67.1 Å². The van der Waals surface area contributed by atoms with Crippen LogP contribution < -0.4 is 5.32 Å². The Morgan fingerprint density at radius 1 is 1.18 bits per heavy atom. The van der Waals surface area contributed by atoms with Crippen LogP contribution in [-0.2, 0) is 4.79 Å². The van der Waals surface area contributed by atoms with E-state index in [1.165, 1.54) is 24.3 Å². The highest BCUT2D eigenvalue weighted by molar-refractivity contribution is 8.18. The number of carbonyl (C=O) groups is 2. The second kappa shape index (κ2) is 8.75. The highest BCUT2D eigenvalue weighted by atomic mass is 32.2. The number of amides is 1. The third kappa shape index (κ3) is 4.70. The number of nitrogens with one attached hydrogen (secondary N) is 1. The first kappa shape index (κ1) is 22.0. The van der Waals surface area contributed by atoms with Crippen LogP contribution in [0.3, 0.4) is 0 Å². The first-order valence-electron chi connectivity index (χ1n) is 9.70. The average Bonchev–Trinajstić information content (AvgIpc) is 3.36. The van der Waals surface area contributed by atoms with Crippen LogP contribution in [0, 0.1) is 24.0 Å². The van der Waals surface area contributed by atoms with Gasteiger partial charge in [0.05, 0.1) is 26.6 Å². The Hall–Kier alpha value is -4.18. The molecule has 2 aromatic carbocycles. The summed E-state index contributed by atoms with van der Waals surface area (Å²) in [6, 6.07) is 12.7. The largest absolute Gasteiger partial charge is 0.478 e. The molecule has 2 heterocycles. The predicted octanol–water partition coefficient (Wildman–Crippen LogP) is 5.06. The Bertz CT molecular complexity index is 1370. The average molecular weight is 463 g/mol. The first-order valence-corrected chi connectivity index (χ1v) is 10.5. The summed E-state index contributed by atoms with van der Waals surface area (Å²) in [6.07, 6.45) is 1.52. The maximum atomic E-state index is 12.4. The molecule has 33 heavy (non-hydrogen) atoms. The van der Waals surface area contributed by atoms with Crippen molar-refractivity contribution in [2.75, 3.05) is 0 Å². The summed E-state index contributed by atoms with van der Waals surface area (Å²) in [5, 5.41) is 23.5. The fourth-order valence-corrected chi connectivity index (χ4v) is 3.97. The van der Waals surface area contributed by atoms with E-state index >= 15 is 0 Å². The number of rotatable bonds is 5. The second-order valence-corrected chi connectivity index (χ2v) is 8.30. The van der Waals surface area contributed by atoms with Gasteiger partial charge in [0.1, 0.15) is 11.5 Å². The van der Waals surface area contributed by atoms with Crippen LogP contribution in [0.4, 0.5) is 11.4 Å². The maximum Gasteiger partial charge on any atom is 0.335 e. The molecule has 0 atom stereocenters. The van der Waals surface area contributed by atoms with Crippen molar-refractivity contribution in [2.45, 2.75) is 13.8 Å². The molecule has 1 aliphatic heterocycles. The predicted molar refractivity (Wildman–Crippen MR) is 124 cm³/mol. The van der Waals surface area contributed by atoms with Crippen LogP contribution in [-0.4, -0.2) is 27.1 Å². The number of thioether (sulfide) groups is 1.